The Hall–Kier alpha value is -4.14. The van der Waals surface area contributed by atoms with Crippen LogP contribution in [0.3, 0.4) is 0 Å². The number of aromatic nitrogens is 1. The zero-order valence-corrected chi connectivity index (χ0v) is 22.2. The van der Waals surface area contributed by atoms with Gasteiger partial charge < -0.3 is 4.42 Å². The second-order valence-electron chi connectivity index (χ2n) is 9.20. The Bertz CT molecular complexity index is 1710. The predicted molar refractivity (Wildman–Crippen MR) is 159 cm³/mol. The molecule has 2 nitrogen and oxygen atoms in total. The summed E-state index contributed by atoms with van der Waals surface area (Å²) in [5.41, 5.74) is 9.41. The summed E-state index contributed by atoms with van der Waals surface area (Å²) in [7, 11) is 0. The standard InChI is InChI=1S/C33H22ClNO.C2H6/c34-25-18-16-22(17-19-25)32-35-31-29(36-32)21-20-27-26-14-8-9-15-28(26)33(30(27)31,24-12-6-3-7-13-24)23-10-4-1-2-5-11-23;1-2/h1-4,6-21H,5H2;1-2H3. The molecule has 0 saturated heterocycles. The Morgan fingerprint density at radius 2 is 1.55 bits per heavy atom. The van der Waals surface area contributed by atoms with Gasteiger partial charge in [-0.1, -0.05) is 116 Å². The third kappa shape index (κ3) is 3.68. The Balaban J connectivity index is 0.00000129. The van der Waals surface area contributed by atoms with Crippen molar-refractivity contribution in [2.45, 2.75) is 25.7 Å². The van der Waals surface area contributed by atoms with E-state index < -0.39 is 5.41 Å². The van der Waals surface area contributed by atoms with E-state index >= 15 is 0 Å². The summed E-state index contributed by atoms with van der Waals surface area (Å²) in [6.07, 6.45) is 11.9. The van der Waals surface area contributed by atoms with Crippen molar-refractivity contribution in [1.82, 2.24) is 4.98 Å². The summed E-state index contributed by atoms with van der Waals surface area (Å²) in [4.78, 5) is 5.13. The molecule has 38 heavy (non-hydrogen) atoms. The van der Waals surface area contributed by atoms with Crippen LogP contribution in [-0.2, 0) is 5.41 Å². The molecule has 0 saturated carbocycles. The molecule has 186 valence electrons. The molecule has 2 aliphatic rings. The number of fused-ring (bicyclic) bond motifs is 5. The van der Waals surface area contributed by atoms with Crippen molar-refractivity contribution in [3.63, 3.8) is 0 Å². The number of oxazole rings is 1. The minimum atomic E-state index is -0.511. The quantitative estimate of drug-likeness (QED) is 0.240. The Morgan fingerprint density at radius 1 is 0.789 bits per heavy atom. The van der Waals surface area contributed by atoms with E-state index in [0.717, 1.165) is 23.1 Å². The fraction of sp³-hybridized carbons (Fsp3) is 0.114. The Kier molecular flexibility index (Phi) is 6.35. The topological polar surface area (TPSA) is 26.0 Å². The molecule has 3 heteroatoms. The van der Waals surface area contributed by atoms with Gasteiger partial charge in [0.1, 0.15) is 5.52 Å². The van der Waals surface area contributed by atoms with Crippen LogP contribution in [0.2, 0.25) is 5.02 Å². The molecule has 1 heterocycles. The zero-order valence-electron chi connectivity index (χ0n) is 21.5. The second kappa shape index (κ2) is 9.96. The van der Waals surface area contributed by atoms with Crippen LogP contribution in [0.1, 0.15) is 37.0 Å². The number of hydrogen-bond acceptors (Lipinski definition) is 2. The van der Waals surface area contributed by atoms with Gasteiger partial charge in [0.15, 0.2) is 5.58 Å². The van der Waals surface area contributed by atoms with Crippen LogP contribution < -0.4 is 0 Å². The molecule has 0 aliphatic heterocycles. The highest BCUT2D eigenvalue weighted by molar-refractivity contribution is 6.30. The maximum Gasteiger partial charge on any atom is 0.227 e. The van der Waals surface area contributed by atoms with Crippen LogP contribution in [0.5, 0.6) is 0 Å². The van der Waals surface area contributed by atoms with Gasteiger partial charge in [-0.15, -0.1) is 0 Å². The summed E-state index contributed by atoms with van der Waals surface area (Å²) in [6.45, 7) is 4.00. The minimum absolute atomic E-state index is 0.511. The molecule has 0 amide bonds. The number of rotatable bonds is 3. The number of benzene rings is 4. The third-order valence-corrected chi connectivity index (χ3v) is 7.54. The average molecular weight is 514 g/mol. The van der Waals surface area contributed by atoms with Crippen molar-refractivity contribution in [3.8, 4) is 22.6 Å². The summed E-state index contributed by atoms with van der Waals surface area (Å²) in [6, 6.07) is 31.4. The van der Waals surface area contributed by atoms with Crippen LogP contribution in [0.4, 0.5) is 0 Å². The molecule has 0 radical (unpaired) electrons. The van der Waals surface area contributed by atoms with E-state index in [2.05, 4.69) is 97.1 Å². The smallest absolute Gasteiger partial charge is 0.227 e. The van der Waals surface area contributed by atoms with Crippen LogP contribution in [0.15, 0.2) is 131 Å². The van der Waals surface area contributed by atoms with E-state index in [1.165, 1.54) is 33.4 Å². The van der Waals surface area contributed by atoms with Crippen molar-refractivity contribution >= 4 is 22.7 Å². The van der Waals surface area contributed by atoms with Crippen LogP contribution in [-0.4, -0.2) is 4.98 Å². The summed E-state index contributed by atoms with van der Waals surface area (Å²) in [5.74, 6) is 0.597. The van der Waals surface area contributed by atoms with Crippen molar-refractivity contribution in [2.75, 3.05) is 0 Å². The van der Waals surface area contributed by atoms with E-state index in [9.17, 15) is 0 Å². The first-order valence-corrected chi connectivity index (χ1v) is 13.5. The van der Waals surface area contributed by atoms with Gasteiger partial charge in [-0.25, -0.2) is 4.98 Å². The molecular weight excluding hydrogens is 486 g/mol. The van der Waals surface area contributed by atoms with Crippen LogP contribution >= 0.6 is 11.6 Å². The van der Waals surface area contributed by atoms with E-state index in [0.29, 0.717) is 10.9 Å². The number of hydrogen-bond donors (Lipinski definition) is 0. The lowest BCUT2D eigenvalue weighted by molar-refractivity contribution is 0.620. The molecule has 5 aromatic rings. The van der Waals surface area contributed by atoms with Gasteiger partial charge in [0.05, 0.1) is 5.41 Å². The van der Waals surface area contributed by atoms with Gasteiger partial charge in [-0.2, -0.15) is 0 Å². The first-order chi connectivity index (χ1) is 18.8. The number of allylic oxidation sites excluding steroid dienone is 6. The van der Waals surface area contributed by atoms with Crippen molar-refractivity contribution < 1.29 is 4.42 Å². The fourth-order valence-electron chi connectivity index (χ4n) is 5.81. The first kappa shape index (κ1) is 24.2. The van der Waals surface area contributed by atoms with E-state index in [1.807, 2.05) is 38.1 Å². The van der Waals surface area contributed by atoms with Crippen molar-refractivity contribution in [1.29, 1.82) is 0 Å². The SMILES string of the molecule is CC.Clc1ccc(-c2nc3c4c(ccc3o2)-c2ccccc2C4(C2=CCC=CC=C2)c2ccccc2)cc1. The van der Waals surface area contributed by atoms with Crippen LogP contribution in [0.25, 0.3) is 33.7 Å². The van der Waals surface area contributed by atoms with Crippen molar-refractivity contribution in [3.05, 3.63) is 149 Å². The molecule has 1 atom stereocenters. The van der Waals surface area contributed by atoms with Gasteiger partial charge >= 0.3 is 0 Å². The average Bonchev–Trinajstić information content (AvgIpc) is 3.41. The van der Waals surface area contributed by atoms with E-state index in [-0.39, 0.29) is 0 Å². The Labute approximate surface area is 228 Å². The molecule has 0 bridgehead atoms. The lowest BCUT2D eigenvalue weighted by Gasteiger charge is -2.34. The highest BCUT2D eigenvalue weighted by atomic mass is 35.5. The Morgan fingerprint density at radius 3 is 2.37 bits per heavy atom. The monoisotopic (exact) mass is 513 g/mol. The maximum absolute atomic E-state index is 6.36. The zero-order chi connectivity index (χ0) is 26.1. The fourth-order valence-corrected chi connectivity index (χ4v) is 5.93. The molecule has 2 aliphatic carbocycles. The van der Waals surface area contributed by atoms with E-state index in [1.54, 1.807) is 0 Å². The molecule has 0 fully saturated rings. The summed E-state index contributed by atoms with van der Waals surface area (Å²) >= 11 is 6.14. The highest BCUT2D eigenvalue weighted by Gasteiger charge is 2.48. The normalized spacial score (nSPS) is 17.3. The highest BCUT2D eigenvalue weighted by Crippen LogP contribution is 2.58. The summed E-state index contributed by atoms with van der Waals surface area (Å²) < 4.78 is 6.36. The molecule has 1 aromatic heterocycles. The van der Waals surface area contributed by atoms with Gasteiger partial charge in [0.2, 0.25) is 5.89 Å². The lowest BCUT2D eigenvalue weighted by atomic mass is 9.66. The largest absolute Gasteiger partial charge is 0.436 e. The maximum atomic E-state index is 6.36. The molecule has 0 N–H and O–H groups in total. The minimum Gasteiger partial charge on any atom is -0.436 e. The van der Waals surface area contributed by atoms with E-state index in [4.69, 9.17) is 21.0 Å². The molecule has 7 rings (SSSR count). The van der Waals surface area contributed by atoms with Gasteiger partial charge in [-0.3, -0.25) is 0 Å². The first-order valence-electron chi connectivity index (χ1n) is 13.2. The molecule has 1 unspecified atom stereocenters. The van der Waals surface area contributed by atoms with Gasteiger partial charge in [0, 0.05) is 16.1 Å². The predicted octanol–water partition coefficient (Wildman–Crippen LogP) is 9.93. The third-order valence-electron chi connectivity index (χ3n) is 7.28. The van der Waals surface area contributed by atoms with Gasteiger partial charge in [-0.05, 0) is 64.6 Å². The summed E-state index contributed by atoms with van der Waals surface area (Å²) in [5, 5.41) is 0.690. The number of nitrogens with zero attached hydrogens (tertiary/aromatic N) is 1. The van der Waals surface area contributed by atoms with Crippen LogP contribution in [0, 0.1) is 0 Å². The number of halogens is 1. The van der Waals surface area contributed by atoms with Gasteiger partial charge in [0.25, 0.3) is 0 Å². The molecule has 0 spiro atoms. The molecular formula is C35H28ClNO. The lowest BCUT2D eigenvalue weighted by Crippen LogP contribution is -2.29. The van der Waals surface area contributed by atoms with Crippen molar-refractivity contribution in [2.24, 2.45) is 0 Å². The second-order valence-corrected chi connectivity index (χ2v) is 9.64. The molecule has 4 aromatic carbocycles.